The Kier molecular flexibility index (Phi) is 3.76. The maximum atomic E-state index is 12.1. The molecule has 0 atom stereocenters. The Morgan fingerprint density at radius 1 is 1.20 bits per heavy atom. The van der Waals surface area contributed by atoms with Crippen LogP contribution in [0.25, 0.3) is 0 Å². The lowest BCUT2D eigenvalue weighted by molar-refractivity contribution is 0.0696. The fourth-order valence-corrected chi connectivity index (χ4v) is 2.57. The van der Waals surface area contributed by atoms with Crippen molar-refractivity contribution >= 4 is 28.9 Å². The van der Waals surface area contributed by atoms with Gasteiger partial charge in [0.15, 0.2) is 0 Å². The van der Waals surface area contributed by atoms with Crippen LogP contribution in [0.2, 0.25) is 0 Å². The number of carbonyl (C=O) groups excluding carboxylic acids is 1. The number of phenols is 1. The van der Waals surface area contributed by atoms with Gasteiger partial charge in [-0.2, -0.15) is 0 Å². The first-order chi connectivity index (χ1) is 9.38. The molecule has 2 rings (SSSR count). The van der Waals surface area contributed by atoms with E-state index in [1.54, 1.807) is 6.07 Å². The number of thiophene rings is 1. The van der Waals surface area contributed by atoms with E-state index >= 15 is 0 Å². The van der Waals surface area contributed by atoms with Crippen LogP contribution in [0, 0.1) is 13.8 Å². The molecule has 0 unspecified atom stereocenters. The lowest BCUT2D eigenvalue weighted by Crippen LogP contribution is -2.11. The van der Waals surface area contributed by atoms with Crippen molar-refractivity contribution < 1.29 is 19.8 Å². The number of phenolic OH excluding ortho intramolecular Hbond substituents is 1. The Balaban J connectivity index is 2.27. The highest BCUT2D eigenvalue weighted by Crippen LogP contribution is 2.27. The average Bonchev–Trinajstić information content (AvgIpc) is 2.72. The number of anilines is 1. The van der Waals surface area contributed by atoms with Gasteiger partial charge in [0.25, 0.3) is 5.91 Å². The van der Waals surface area contributed by atoms with Gasteiger partial charge in [0, 0.05) is 4.88 Å². The summed E-state index contributed by atoms with van der Waals surface area (Å²) < 4.78 is 0. The van der Waals surface area contributed by atoms with E-state index in [4.69, 9.17) is 5.11 Å². The molecule has 0 spiro atoms. The van der Waals surface area contributed by atoms with Crippen LogP contribution in [0.4, 0.5) is 5.69 Å². The lowest BCUT2D eigenvalue weighted by atomic mass is 10.2. The van der Waals surface area contributed by atoms with E-state index in [-0.39, 0.29) is 22.9 Å². The van der Waals surface area contributed by atoms with Crippen molar-refractivity contribution in [1.29, 1.82) is 0 Å². The van der Waals surface area contributed by atoms with E-state index in [2.05, 4.69) is 5.32 Å². The van der Waals surface area contributed by atoms with Crippen LogP contribution in [0.15, 0.2) is 24.3 Å². The molecule has 0 fully saturated rings. The minimum absolute atomic E-state index is 0.00311. The van der Waals surface area contributed by atoms with Gasteiger partial charge in [-0.05, 0) is 43.7 Å². The maximum Gasteiger partial charge on any atom is 0.335 e. The molecule has 6 heteroatoms. The zero-order valence-electron chi connectivity index (χ0n) is 10.9. The Hall–Kier alpha value is -2.34. The first-order valence-corrected chi connectivity index (χ1v) is 6.65. The molecule has 0 aliphatic carbocycles. The van der Waals surface area contributed by atoms with Crippen LogP contribution in [0.1, 0.15) is 30.5 Å². The number of amides is 1. The second kappa shape index (κ2) is 5.34. The second-order valence-corrected chi connectivity index (χ2v) is 5.60. The van der Waals surface area contributed by atoms with Gasteiger partial charge in [0.05, 0.1) is 16.1 Å². The Morgan fingerprint density at radius 2 is 1.90 bits per heavy atom. The molecule has 2 aromatic rings. The van der Waals surface area contributed by atoms with Crippen LogP contribution >= 0.6 is 11.3 Å². The monoisotopic (exact) mass is 291 g/mol. The molecule has 1 aromatic carbocycles. The quantitative estimate of drug-likeness (QED) is 0.759. The SMILES string of the molecule is Cc1cc(C(=O)Nc2cc(C(=O)O)ccc2O)sc1C. The summed E-state index contributed by atoms with van der Waals surface area (Å²) in [5.41, 5.74) is 1.10. The van der Waals surface area contributed by atoms with Gasteiger partial charge >= 0.3 is 5.97 Å². The maximum absolute atomic E-state index is 12.1. The minimum atomic E-state index is -1.12. The number of aromatic hydroxyl groups is 1. The van der Waals surface area contributed by atoms with Crippen molar-refractivity contribution in [1.82, 2.24) is 0 Å². The highest BCUT2D eigenvalue weighted by atomic mass is 32.1. The van der Waals surface area contributed by atoms with Gasteiger partial charge in [-0.3, -0.25) is 4.79 Å². The van der Waals surface area contributed by atoms with Crippen LogP contribution < -0.4 is 5.32 Å². The molecule has 1 aromatic heterocycles. The summed E-state index contributed by atoms with van der Waals surface area (Å²) in [6.07, 6.45) is 0. The largest absolute Gasteiger partial charge is 0.506 e. The summed E-state index contributed by atoms with van der Waals surface area (Å²) >= 11 is 1.35. The molecule has 0 saturated carbocycles. The topological polar surface area (TPSA) is 86.6 Å². The Labute approximate surface area is 119 Å². The molecule has 1 heterocycles. The van der Waals surface area contributed by atoms with Crippen LogP contribution in [0.5, 0.6) is 5.75 Å². The zero-order chi connectivity index (χ0) is 14.9. The van der Waals surface area contributed by atoms with Crippen molar-refractivity contribution in [3.05, 3.63) is 45.1 Å². The smallest absolute Gasteiger partial charge is 0.335 e. The van der Waals surface area contributed by atoms with E-state index in [0.29, 0.717) is 4.88 Å². The van der Waals surface area contributed by atoms with Crippen LogP contribution in [0.3, 0.4) is 0 Å². The standard InChI is InChI=1S/C14H13NO4S/c1-7-5-12(20-8(7)2)13(17)15-10-6-9(14(18)19)3-4-11(10)16/h3-6,16H,1-2H3,(H,15,17)(H,18,19). The number of nitrogens with one attached hydrogen (secondary N) is 1. The van der Waals surface area contributed by atoms with Gasteiger partial charge in [-0.1, -0.05) is 0 Å². The van der Waals surface area contributed by atoms with Crippen molar-refractivity contribution in [2.75, 3.05) is 5.32 Å². The molecule has 104 valence electrons. The van der Waals surface area contributed by atoms with Gasteiger partial charge < -0.3 is 15.5 Å². The first kappa shape index (κ1) is 14.1. The number of aryl methyl sites for hydroxylation is 2. The highest BCUT2D eigenvalue weighted by Gasteiger charge is 2.14. The molecule has 3 N–H and O–H groups in total. The first-order valence-electron chi connectivity index (χ1n) is 5.83. The van der Waals surface area contributed by atoms with E-state index in [0.717, 1.165) is 10.4 Å². The molecule has 0 saturated heterocycles. The third-order valence-corrected chi connectivity index (χ3v) is 4.03. The third-order valence-electron chi connectivity index (χ3n) is 2.88. The third kappa shape index (κ3) is 2.80. The van der Waals surface area contributed by atoms with Gasteiger partial charge in [-0.25, -0.2) is 4.79 Å². The van der Waals surface area contributed by atoms with Crippen molar-refractivity contribution in [3.63, 3.8) is 0 Å². The normalized spacial score (nSPS) is 10.3. The number of rotatable bonds is 3. The van der Waals surface area contributed by atoms with E-state index in [1.807, 2.05) is 13.8 Å². The molecule has 20 heavy (non-hydrogen) atoms. The summed E-state index contributed by atoms with van der Waals surface area (Å²) in [6.45, 7) is 3.82. The molecule has 0 aliphatic rings. The van der Waals surface area contributed by atoms with E-state index in [9.17, 15) is 14.7 Å². The molecule has 5 nitrogen and oxygen atoms in total. The number of aromatic carboxylic acids is 1. The number of carboxylic acid groups (broad SMARTS) is 1. The second-order valence-electron chi connectivity index (χ2n) is 4.34. The van der Waals surface area contributed by atoms with Crippen LogP contribution in [-0.2, 0) is 0 Å². The summed E-state index contributed by atoms with van der Waals surface area (Å²) in [6, 6.07) is 5.49. The molecule has 0 aliphatic heterocycles. The van der Waals surface area contributed by atoms with Crippen LogP contribution in [-0.4, -0.2) is 22.1 Å². The Morgan fingerprint density at radius 3 is 2.45 bits per heavy atom. The fraction of sp³-hybridized carbons (Fsp3) is 0.143. The molecular formula is C14H13NO4S. The Bertz CT molecular complexity index is 671. The number of carboxylic acids is 1. The minimum Gasteiger partial charge on any atom is -0.506 e. The summed E-state index contributed by atoms with van der Waals surface area (Å²) in [5, 5.41) is 21.1. The number of carbonyl (C=O) groups is 2. The molecule has 1 amide bonds. The highest BCUT2D eigenvalue weighted by molar-refractivity contribution is 7.14. The van der Waals surface area contributed by atoms with E-state index in [1.165, 1.54) is 29.5 Å². The van der Waals surface area contributed by atoms with Gasteiger partial charge in [-0.15, -0.1) is 11.3 Å². The fourth-order valence-electron chi connectivity index (χ4n) is 1.64. The van der Waals surface area contributed by atoms with Gasteiger partial charge in [0.2, 0.25) is 0 Å². The predicted octanol–water partition coefficient (Wildman–Crippen LogP) is 3.02. The number of hydrogen-bond donors (Lipinski definition) is 3. The van der Waals surface area contributed by atoms with E-state index < -0.39 is 5.97 Å². The number of benzene rings is 1. The summed E-state index contributed by atoms with van der Waals surface area (Å²) in [4.78, 5) is 24.5. The van der Waals surface area contributed by atoms with Crippen molar-refractivity contribution in [3.8, 4) is 5.75 Å². The predicted molar refractivity (Wildman–Crippen MR) is 76.8 cm³/mol. The summed E-state index contributed by atoms with van der Waals surface area (Å²) in [5.74, 6) is -1.67. The average molecular weight is 291 g/mol. The zero-order valence-corrected chi connectivity index (χ0v) is 11.7. The van der Waals surface area contributed by atoms with Gasteiger partial charge in [0.1, 0.15) is 5.75 Å². The summed E-state index contributed by atoms with van der Waals surface area (Å²) in [7, 11) is 0. The van der Waals surface area contributed by atoms with Crippen molar-refractivity contribution in [2.45, 2.75) is 13.8 Å². The number of hydrogen-bond acceptors (Lipinski definition) is 4. The molecule has 0 bridgehead atoms. The molecular weight excluding hydrogens is 278 g/mol. The lowest BCUT2D eigenvalue weighted by Gasteiger charge is -2.07. The molecule has 0 radical (unpaired) electrons. The van der Waals surface area contributed by atoms with Crippen molar-refractivity contribution in [2.24, 2.45) is 0 Å².